The number of hydrogen-bond donors (Lipinski definition) is 1. The Balaban J connectivity index is 1.83. The number of benzene rings is 1. The van der Waals surface area contributed by atoms with Gasteiger partial charge in [-0.3, -0.25) is 0 Å². The fourth-order valence-corrected chi connectivity index (χ4v) is 2.54. The Morgan fingerprint density at radius 3 is 2.88 bits per heavy atom. The van der Waals surface area contributed by atoms with Crippen LogP contribution < -0.4 is 14.8 Å². The molecule has 0 amide bonds. The second-order valence-corrected chi connectivity index (χ2v) is 4.70. The Kier molecular flexibility index (Phi) is 2.65. The van der Waals surface area contributed by atoms with Gasteiger partial charge in [-0.2, -0.15) is 0 Å². The summed E-state index contributed by atoms with van der Waals surface area (Å²) in [6.07, 6.45) is 3.45. The molecule has 2 aliphatic rings. The molecule has 1 N–H and O–H groups in total. The van der Waals surface area contributed by atoms with E-state index in [0.29, 0.717) is 12.8 Å². The molecule has 86 valence electrons. The van der Waals surface area contributed by atoms with Crippen LogP contribution in [0.4, 0.5) is 0 Å². The molecular weight excluding hydrogens is 226 g/mol. The molecule has 1 unspecified atom stereocenters. The fourth-order valence-electron chi connectivity index (χ4n) is 2.31. The highest BCUT2D eigenvalue weighted by Gasteiger charge is 2.20. The second kappa shape index (κ2) is 4.15. The standard InChI is InChI=1S/C12H14ClNO2/c13-10-6-12-11(15-7-16-12)5-8(10)4-9-2-1-3-14-9/h5-6,9,14H,1-4,7H2. The Morgan fingerprint density at radius 2 is 2.12 bits per heavy atom. The van der Waals surface area contributed by atoms with Crippen LogP contribution in [0.5, 0.6) is 11.5 Å². The van der Waals surface area contributed by atoms with E-state index in [1.54, 1.807) is 0 Å². The lowest BCUT2D eigenvalue weighted by molar-refractivity contribution is 0.174. The molecule has 1 saturated heterocycles. The van der Waals surface area contributed by atoms with Crippen molar-refractivity contribution in [1.29, 1.82) is 0 Å². The van der Waals surface area contributed by atoms with Crippen LogP contribution in [0.2, 0.25) is 5.02 Å². The van der Waals surface area contributed by atoms with Gasteiger partial charge in [0.25, 0.3) is 0 Å². The van der Waals surface area contributed by atoms with E-state index in [-0.39, 0.29) is 0 Å². The smallest absolute Gasteiger partial charge is 0.231 e. The molecule has 0 saturated carbocycles. The first-order valence-electron chi connectivity index (χ1n) is 5.64. The van der Waals surface area contributed by atoms with Gasteiger partial charge in [0.15, 0.2) is 11.5 Å². The topological polar surface area (TPSA) is 30.5 Å². The van der Waals surface area contributed by atoms with E-state index in [2.05, 4.69) is 5.32 Å². The number of ether oxygens (including phenoxy) is 2. The van der Waals surface area contributed by atoms with Gasteiger partial charge in [0.05, 0.1) is 0 Å². The first-order chi connectivity index (χ1) is 7.83. The van der Waals surface area contributed by atoms with E-state index >= 15 is 0 Å². The summed E-state index contributed by atoms with van der Waals surface area (Å²) in [7, 11) is 0. The van der Waals surface area contributed by atoms with Crippen molar-refractivity contribution in [2.24, 2.45) is 0 Å². The van der Waals surface area contributed by atoms with Gasteiger partial charge in [-0.25, -0.2) is 0 Å². The van der Waals surface area contributed by atoms with Gasteiger partial charge < -0.3 is 14.8 Å². The van der Waals surface area contributed by atoms with Crippen molar-refractivity contribution in [3.63, 3.8) is 0 Å². The summed E-state index contributed by atoms with van der Waals surface area (Å²) in [5.74, 6) is 1.57. The first kappa shape index (κ1) is 10.2. The lowest BCUT2D eigenvalue weighted by atomic mass is 10.0. The third kappa shape index (κ3) is 1.85. The van der Waals surface area contributed by atoms with Crippen molar-refractivity contribution in [2.45, 2.75) is 25.3 Å². The Hall–Kier alpha value is -0.930. The van der Waals surface area contributed by atoms with Gasteiger partial charge in [-0.15, -0.1) is 0 Å². The molecule has 16 heavy (non-hydrogen) atoms. The van der Waals surface area contributed by atoms with Crippen LogP contribution >= 0.6 is 11.6 Å². The van der Waals surface area contributed by atoms with Crippen LogP contribution in [-0.4, -0.2) is 19.4 Å². The van der Waals surface area contributed by atoms with E-state index in [0.717, 1.165) is 35.1 Å². The number of nitrogens with one attached hydrogen (secondary N) is 1. The third-order valence-corrected chi connectivity index (χ3v) is 3.52. The van der Waals surface area contributed by atoms with Crippen molar-refractivity contribution < 1.29 is 9.47 Å². The van der Waals surface area contributed by atoms with Gasteiger partial charge in [-0.1, -0.05) is 11.6 Å². The molecule has 0 aliphatic carbocycles. The zero-order valence-corrected chi connectivity index (χ0v) is 9.72. The predicted octanol–water partition coefficient (Wildman–Crippen LogP) is 2.36. The van der Waals surface area contributed by atoms with E-state index in [9.17, 15) is 0 Å². The molecule has 4 heteroatoms. The Bertz CT molecular complexity index is 402. The zero-order valence-electron chi connectivity index (χ0n) is 8.96. The van der Waals surface area contributed by atoms with E-state index in [1.807, 2.05) is 12.1 Å². The molecule has 0 aromatic heterocycles. The number of rotatable bonds is 2. The molecule has 3 nitrogen and oxygen atoms in total. The van der Waals surface area contributed by atoms with Crippen LogP contribution in [0.15, 0.2) is 12.1 Å². The average molecular weight is 240 g/mol. The highest BCUT2D eigenvalue weighted by molar-refractivity contribution is 6.31. The number of halogens is 1. The van der Waals surface area contributed by atoms with Crippen molar-refractivity contribution in [2.75, 3.05) is 13.3 Å². The summed E-state index contributed by atoms with van der Waals surface area (Å²) in [5, 5.41) is 4.25. The van der Waals surface area contributed by atoms with Crippen molar-refractivity contribution >= 4 is 11.6 Å². The Labute approximate surface area is 99.7 Å². The first-order valence-corrected chi connectivity index (χ1v) is 6.02. The molecule has 2 aliphatic heterocycles. The van der Waals surface area contributed by atoms with Crippen LogP contribution in [-0.2, 0) is 6.42 Å². The highest BCUT2D eigenvalue weighted by atomic mass is 35.5. The van der Waals surface area contributed by atoms with Gasteiger partial charge >= 0.3 is 0 Å². The van der Waals surface area contributed by atoms with Crippen LogP contribution in [0.1, 0.15) is 18.4 Å². The lowest BCUT2D eigenvalue weighted by Gasteiger charge is -2.12. The minimum atomic E-state index is 0.302. The largest absolute Gasteiger partial charge is 0.454 e. The van der Waals surface area contributed by atoms with Crippen LogP contribution in [0, 0.1) is 0 Å². The summed E-state index contributed by atoms with van der Waals surface area (Å²) < 4.78 is 10.6. The molecule has 1 atom stereocenters. The van der Waals surface area contributed by atoms with Crippen LogP contribution in [0.25, 0.3) is 0 Å². The van der Waals surface area contributed by atoms with E-state index < -0.39 is 0 Å². The lowest BCUT2D eigenvalue weighted by Crippen LogP contribution is -2.23. The monoisotopic (exact) mass is 239 g/mol. The maximum Gasteiger partial charge on any atom is 0.231 e. The van der Waals surface area contributed by atoms with Crippen molar-refractivity contribution in [3.05, 3.63) is 22.7 Å². The Morgan fingerprint density at radius 1 is 1.31 bits per heavy atom. The van der Waals surface area contributed by atoms with E-state index in [1.165, 1.54) is 12.8 Å². The van der Waals surface area contributed by atoms with E-state index in [4.69, 9.17) is 21.1 Å². The second-order valence-electron chi connectivity index (χ2n) is 4.29. The summed E-state index contributed by atoms with van der Waals surface area (Å²) in [6.45, 7) is 1.42. The molecule has 2 heterocycles. The van der Waals surface area contributed by atoms with Gasteiger partial charge in [0.1, 0.15) is 0 Å². The summed E-state index contributed by atoms with van der Waals surface area (Å²) in [5.41, 5.74) is 1.14. The molecule has 0 spiro atoms. The maximum atomic E-state index is 6.22. The normalized spacial score (nSPS) is 22.7. The third-order valence-electron chi connectivity index (χ3n) is 3.17. The quantitative estimate of drug-likeness (QED) is 0.860. The van der Waals surface area contributed by atoms with Gasteiger partial charge in [0.2, 0.25) is 6.79 Å². The number of hydrogen-bond acceptors (Lipinski definition) is 3. The number of fused-ring (bicyclic) bond motifs is 1. The molecular formula is C12H14ClNO2. The maximum absolute atomic E-state index is 6.22. The fraction of sp³-hybridized carbons (Fsp3) is 0.500. The van der Waals surface area contributed by atoms with Crippen molar-refractivity contribution in [1.82, 2.24) is 5.32 Å². The average Bonchev–Trinajstić information content (AvgIpc) is 2.89. The molecule has 1 fully saturated rings. The van der Waals surface area contributed by atoms with Gasteiger partial charge in [-0.05, 0) is 37.4 Å². The predicted molar refractivity (Wildman–Crippen MR) is 62.3 cm³/mol. The molecule has 1 aromatic rings. The molecule has 1 aromatic carbocycles. The minimum Gasteiger partial charge on any atom is -0.454 e. The van der Waals surface area contributed by atoms with Crippen LogP contribution in [0.3, 0.4) is 0 Å². The summed E-state index contributed by atoms with van der Waals surface area (Å²) in [4.78, 5) is 0. The van der Waals surface area contributed by atoms with Crippen molar-refractivity contribution in [3.8, 4) is 11.5 Å². The summed E-state index contributed by atoms with van der Waals surface area (Å²) in [6, 6.07) is 4.41. The molecule has 0 radical (unpaired) electrons. The zero-order chi connectivity index (χ0) is 11.0. The molecule has 0 bridgehead atoms. The summed E-state index contributed by atoms with van der Waals surface area (Å²) >= 11 is 6.22. The van der Waals surface area contributed by atoms with Gasteiger partial charge in [0, 0.05) is 17.1 Å². The molecule has 3 rings (SSSR count). The minimum absolute atomic E-state index is 0.302. The SMILES string of the molecule is Clc1cc2c(cc1CC1CCCN1)OCO2. The highest BCUT2D eigenvalue weighted by Crippen LogP contribution is 2.37.